The number of methoxy groups -OCH3 is 1. The fourth-order valence-corrected chi connectivity index (χ4v) is 2.74. The van der Waals surface area contributed by atoms with Gasteiger partial charge in [0.1, 0.15) is 21.7 Å². The minimum Gasteiger partial charge on any atom is -0.495 e. The van der Waals surface area contributed by atoms with Crippen molar-refractivity contribution in [2.24, 2.45) is 0 Å². The lowest BCUT2D eigenvalue weighted by molar-refractivity contribution is 0.245. The van der Waals surface area contributed by atoms with Crippen LogP contribution in [0.2, 0.25) is 0 Å². The van der Waals surface area contributed by atoms with Gasteiger partial charge in [0.2, 0.25) is 0 Å². The average Bonchev–Trinajstić information content (AvgIpc) is 2.73. The Kier molecular flexibility index (Phi) is 3.91. The number of rotatable bonds is 5. The Morgan fingerprint density at radius 3 is 2.67 bits per heavy atom. The van der Waals surface area contributed by atoms with Crippen LogP contribution in [-0.4, -0.2) is 24.7 Å². The molecule has 5 heteroatoms. The molecule has 0 radical (unpaired) electrons. The highest BCUT2D eigenvalue weighted by Crippen LogP contribution is 2.39. The maximum atomic E-state index is 5.78. The van der Waals surface area contributed by atoms with E-state index in [0.29, 0.717) is 0 Å². The van der Waals surface area contributed by atoms with E-state index in [-0.39, 0.29) is 6.10 Å². The molecule has 98 valence electrons. The van der Waals surface area contributed by atoms with Gasteiger partial charge in [-0.2, -0.15) is 0 Å². The summed E-state index contributed by atoms with van der Waals surface area (Å²) in [5.74, 6) is 1.64. The first-order valence-corrected chi connectivity index (χ1v) is 6.85. The normalized spacial score (nSPS) is 10.9. The number of anilines is 1. The number of nitrogens with one attached hydrogen (secondary N) is 1. The number of benzene rings is 1. The van der Waals surface area contributed by atoms with Crippen LogP contribution >= 0.6 is 11.3 Å². The number of ether oxygens (including phenoxy) is 2. The standard InChI is InChI=1S/C13H18N2O2S/c1-5-14-13-15-11-9(17-8(2)3)6-7-10(16-4)12(11)18-13/h6-8H,5H2,1-4H3,(H,14,15). The van der Waals surface area contributed by atoms with E-state index in [2.05, 4.69) is 17.2 Å². The SMILES string of the molecule is CCNc1nc2c(OC(C)C)ccc(OC)c2s1. The molecule has 2 rings (SSSR count). The Balaban J connectivity index is 2.52. The highest BCUT2D eigenvalue weighted by Gasteiger charge is 2.14. The molecule has 0 aliphatic rings. The molecule has 0 atom stereocenters. The maximum Gasteiger partial charge on any atom is 0.184 e. The Hall–Kier alpha value is -1.49. The predicted octanol–water partition coefficient (Wildman–Crippen LogP) is 3.52. The molecule has 1 heterocycles. The summed E-state index contributed by atoms with van der Waals surface area (Å²) in [7, 11) is 1.67. The summed E-state index contributed by atoms with van der Waals surface area (Å²) < 4.78 is 12.2. The van der Waals surface area contributed by atoms with E-state index in [1.54, 1.807) is 18.4 Å². The molecule has 0 amide bonds. The van der Waals surface area contributed by atoms with Gasteiger partial charge in [-0.15, -0.1) is 0 Å². The van der Waals surface area contributed by atoms with Crippen LogP contribution in [0.15, 0.2) is 12.1 Å². The molecule has 0 bridgehead atoms. The molecule has 0 fully saturated rings. The topological polar surface area (TPSA) is 43.4 Å². The Labute approximate surface area is 111 Å². The molecule has 4 nitrogen and oxygen atoms in total. The van der Waals surface area contributed by atoms with Crippen LogP contribution in [0.1, 0.15) is 20.8 Å². The molecular formula is C13H18N2O2S. The zero-order valence-corrected chi connectivity index (χ0v) is 11.9. The lowest BCUT2D eigenvalue weighted by Gasteiger charge is -2.11. The van der Waals surface area contributed by atoms with Gasteiger partial charge in [0.15, 0.2) is 5.13 Å². The zero-order valence-electron chi connectivity index (χ0n) is 11.1. The van der Waals surface area contributed by atoms with Crippen molar-refractivity contribution in [1.29, 1.82) is 0 Å². The van der Waals surface area contributed by atoms with Gasteiger partial charge in [-0.1, -0.05) is 11.3 Å². The highest BCUT2D eigenvalue weighted by atomic mass is 32.1. The molecule has 0 spiro atoms. The number of hydrogen-bond acceptors (Lipinski definition) is 5. The maximum absolute atomic E-state index is 5.78. The van der Waals surface area contributed by atoms with E-state index >= 15 is 0 Å². The zero-order chi connectivity index (χ0) is 13.1. The minimum absolute atomic E-state index is 0.130. The molecule has 18 heavy (non-hydrogen) atoms. The summed E-state index contributed by atoms with van der Waals surface area (Å²) in [5, 5.41) is 4.12. The lowest BCUT2D eigenvalue weighted by Crippen LogP contribution is -2.06. The summed E-state index contributed by atoms with van der Waals surface area (Å²) in [6.07, 6.45) is 0.130. The van der Waals surface area contributed by atoms with Crippen LogP contribution in [0, 0.1) is 0 Å². The number of nitrogens with zero attached hydrogens (tertiary/aromatic N) is 1. The Morgan fingerprint density at radius 2 is 2.06 bits per heavy atom. The first-order chi connectivity index (χ1) is 8.65. The summed E-state index contributed by atoms with van der Waals surface area (Å²) in [5.41, 5.74) is 0.865. The number of thiazole rings is 1. The Bertz CT molecular complexity index is 537. The number of aromatic nitrogens is 1. The largest absolute Gasteiger partial charge is 0.495 e. The van der Waals surface area contributed by atoms with E-state index in [1.165, 1.54) is 0 Å². The Morgan fingerprint density at radius 1 is 1.33 bits per heavy atom. The van der Waals surface area contributed by atoms with Gasteiger partial charge < -0.3 is 14.8 Å². The van der Waals surface area contributed by atoms with Gasteiger partial charge in [0.25, 0.3) is 0 Å². The summed E-state index contributed by atoms with van der Waals surface area (Å²) >= 11 is 1.59. The smallest absolute Gasteiger partial charge is 0.184 e. The molecule has 0 aliphatic carbocycles. The van der Waals surface area contributed by atoms with Gasteiger partial charge in [0, 0.05) is 6.54 Å². The average molecular weight is 266 g/mol. The van der Waals surface area contributed by atoms with Crippen LogP contribution in [0.4, 0.5) is 5.13 Å². The third-order valence-electron chi connectivity index (χ3n) is 2.38. The second-order valence-electron chi connectivity index (χ2n) is 4.16. The summed E-state index contributed by atoms with van der Waals surface area (Å²) in [6.45, 7) is 6.92. The second kappa shape index (κ2) is 5.44. The van der Waals surface area contributed by atoms with Crippen molar-refractivity contribution in [3.8, 4) is 11.5 Å². The second-order valence-corrected chi connectivity index (χ2v) is 5.16. The monoisotopic (exact) mass is 266 g/mol. The van der Waals surface area contributed by atoms with Crippen LogP contribution in [-0.2, 0) is 0 Å². The molecule has 1 aromatic carbocycles. The van der Waals surface area contributed by atoms with E-state index in [0.717, 1.165) is 33.4 Å². The molecule has 1 N–H and O–H groups in total. The quantitative estimate of drug-likeness (QED) is 0.899. The molecule has 0 unspecified atom stereocenters. The van der Waals surface area contributed by atoms with Crippen LogP contribution in [0.5, 0.6) is 11.5 Å². The first-order valence-electron chi connectivity index (χ1n) is 6.03. The van der Waals surface area contributed by atoms with E-state index in [4.69, 9.17) is 9.47 Å². The molecule has 0 saturated heterocycles. The molecule has 0 aliphatic heterocycles. The van der Waals surface area contributed by atoms with Gasteiger partial charge in [-0.25, -0.2) is 4.98 Å². The van der Waals surface area contributed by atoms with Crippen molar-refractivity contribution in [2.45, 2.75) is 26.9 Å². The van der Waals surface area contributed by atoms with Crippen molar-refractivity contribution in [3.05, 3.63) is 12.1 Å². The van der Waals surface area contributed by atoms with Gasteiger partial charge >= 0.3 is 0 Å². The lowest BCUT2D eigenvalue weighted by atomic mass is 10.3. The van der Waals surface area contributed by atoms with Crippen LogP contribution < -0.4 is 14.8 Å². The highest BCUT2D eigenvalue weighted by molar-refractivity contribution is 7.22. The van der Waals surface area contributed by atoms with E-state index in [1.807, 2.05) is 26.0 Å². The summed E-state index contributed by atoms with van der Waals surface area (Å²) in [6, 6.07) is 3.84. The van der Waals surface area contributed by atoms with Crippen molar-refractivity contribution < 1.29 is 9.47 Å². The van der Waals surface area contributed by atoms with Gasteiger partial charge in [-0.3, -0.25) is 0 Å². The molecule has 1 aromatic heterocycles. The molecular weight excluding hydrogens is 248 g/mol. The number of fused-ring (bicyclic) bond motifs is 1. The minimum atomic E-state index is 0.130. The van der Waals surface area contributed by atoms with Gasteiger partial charge in [-0.05, 0) is 32.9 Å². The van der Waals surface area contributed by atoms with Crippen molar-refractivity contribution in [1.82, 2.24) is 4.98 Å². The molecule has 0 saturated carbocycles. The van der Waals surface area contributed by atoms with Crippen LogP contribution in [0.25, 0.3) is 10.2 Å². The van der Waals surface area contributed by atoms with E-state index < -0.39 is 0 Å². The van der Waals surface area contributed by atoms with Gasteiger partial charge in [0.05, 0.1) is 13.2 Å². The van der Waals surface area contributed by atoms with Crippen molar-refractivity contribution >= 4 is 26.7 Å². The van der Waals surface area contributed by atoms with Crippen LogP contribution in [0.3, 0.4) is 0 Å². The third kappa shape index (κ3) is 2.51. The van der Waals surface area contributed by atoms with Crippen molar-refractivity contribution in [3.63, 3.8) is 0 Å². The summed E-state index contributed by atoms with van der Waals surface area (Å²) in [4.78, 5) is 4.57. The fraction of sp³-hybridized carbons (Fsp3) is 0.462. The molecule has 2 aromatic rings. The fourth-order valence-electron chi connectivity index (χ4n) is 1.70. The predicted molar refractivity (Wildman–Crippen MR) is 76.1 cm³/mol. The number of hydrogen-bond donors (Lipinski definition) is 1. The van der Waals surface area contributed by atoms with Crippen molar-refractivity contribution in [2.75, 3.05) is 19.0 Å². The van der Waals surface area contributed by atoms with E-state index in [9.17, 15) is 0 Å². The first kappa shape index (κ1) is 13.0. The third-order valence-corrected chi connectivity index (χ3v) is 3.41.